The first-order valence-electron chi connectivity index (χ1n) is 26.4. The summed E-state index contributed by atoms with van der Waals surface area (Å²) in [6, 6.07) is 16.9. The van der Waals surface area contributed by atoms with Crippen LogP contribution in [0, 0.1) is 24.7 Å². The molecule has 5 aromatic rings. The Morgan fingerprint density at radius 3 is 2.55 bits per heavy atom. The van der Waals surface area contributed by atoms with Crippen molar-refractivity contribution in [2.24, 2.45) is 32.7 Å². The summed E-state index contributed by atoms with van der Waals surface area (Å²) in [7, 11) is 1.94. The zero-order valence-electron chi connectivity index (χ0n) is 43.4. The topological polar surface area (TPSA) is 158 Å². The number of benzene rings is 2. The first kappa shape index (κ1) is 51.9. The van der Waals surface area contributed by atoms with Crippen LogP contribution in [0.4, 0.5) is 4.39 Å². The monoisotopic (exact) mass is 1010 g/mol. The molecular formula is C57H72FN11O3S. The molecule has 386 valence electrons. The number of aryl methyl sites for hydroxylation is 2. The standard InChI is InChI=1S/C57H72FN11O3S/c1-8-39-11-9-12-42-28-61-29-46(51(39)42)53-52(58)54(47(30-63-53)56(60-7)69-31-43-18-19-44(32-69)66-43)62-23-26-68-24-20-38(21-25-68)33-71-49-27-48(72-67-49)50(35(2)3)45(13-10-22-59-6)57(70)65-36(4)40-14-16-41(17-15-40)55-37(5)64-34-73-55/h9,11-12,14-17,27-30,34-36,38,43-45,50,59,66H,7-8,10,13,18-26,31-33H2,1-6H3,(H,65,70)/b56-47+,62-54?. The molecule has 16 heteroatoms. The predicted octanol–water partition coefficient (Wildman–Crippen LogP) is 9.75. The van der Waals surface area contributed by atoms with E-state index in [2.05, 4.69) is 104 Å². The molecule has 7 heterocycles. The van der Waals surface area contributed by atoms with Crippen molar-refractivity contribution >= 4 is 52.4 Å². The maximum Gasteiger partial charge on any atom is 0.254 e. The van der Waals surface area contributed by atoms with E-state index in [-0.39, 0.29) is 41.1 Å². The third-order valence-electron chi connectivity index (χ3n) is 15.3. The van der Waals surface area contributed by atoms with Gasteiger partial charge in [0.15, 0.2) is 5.83 Å². The second-order valence-corrected chi connectivity index (χ2v) is 21.4. The van der Waals surface area contributed by atoms with Crippen molar-refractivity contribution in [3.05, 3.63) is 112 Å². The number of halogens is 1. The van der Waals surface area contributed by atoms with E-state index in [1.54, 1.807) is 23.7 Å². The summed E-state index contributed by atoms with van der Waals surface area (Å²) in [6.45, 7) is 20.1. The van der Waals surface area contributed by atoms with Crippen LogP contribution in [0.25, 0.3) is 26.9 Å². The molecule has 2 bridgehead atoms. The molecule has 3 aromatic heterocycles. The van der Waals surface area contributed by atoms with Crippen molar-refractivity contribution in [2.45, 2.75) is 104 Å². The van der Waals surface area contributed by atoms with Gasteiger partial charge in [0.2, 0.25) is 5.91 Å². The SMILES string of the molecule is C=N/C(=C1/C=NC(c2cncc3cccc(CC)c23)=C(F)C1=NCCN1CCC(COc2cc(C(C(C)C)C(CCCNC)C(=O)NC(C)c3ccc(-c4scnc4C)cc3)on2)CC1)N1CC2CCC(C1)N2. The van der Waals surface area contributed by atoms with E-state index >= 15 is 4.39 Å². The number of carbonyl (C=O) groups is 1. The molecular weight excluding hydrogens is 938 g/mol. The molecule has 73 heavy (non-hydrogen) atoms. The number of aliphatic imine (C=N–C) groups is 3. The number of piperazine rings is 1. The van der Waals surface area contributed by atoms with E-state index in [0.717, 1.165) is 109 Å². The summed E-state index contributed by atoms with van der Waals surface area (Å²) >= 11 is 1.63. The van der Waals surface area contributed by atoms with Gasteiger partial charge in [-0.25, -0.2) is 14.4 Å². The molecule has 3 fully saturated rings. The Balaban J connectivity index is 0.835. The van der Waals surface area contributed by atoms with E-state index in [0.29, 0.717) is 72.7 Å². The quantitative estimate of drug-likeness (QED) is 0.0478. The number of aromatic nitrogens is 3. The summed E-state index contributed by atoms with van der Waals surface area (Å²) in [5, 5.41) is 16.5. The summed E-state index contributed by atoms with van der Waals surface area (Å²) in [5.74, 6) is 1.19. The van der Waals surface area contributed by atoms with Crippen LogP contribution in [0.3, 0.4) is 0 Å². The van der Waals surface area contributed by atoms with Crippen LogP contribution in [-0.2, 0) is 11.2 Å². The Labute approximate surface area is 433 Å². The summed E-state index contributed by atoms with van der Waals surface area (Å²) in [5.41, 5.74) is 7.90. The highest BCUT2D eigenvalue weighted by atomic mass is 32.1. The highest BCUT2D eigenvalue weighted by Crippen LogP contribution is 2.39. The van der Waals surface area contributed by atoms with Gasteiger partial charge in [0.1, 0.15) is 23.0 Å². The first-order chi connectivity index (χ1) is 35.5. The van der Waals surface area contributed by atoms with E-state index in [1.807, 2.05) is 50.8 Å². The van der Waals surface area contributed by atoms with Gasteiger partial charge in [0.05, 0.1) is 40.8 Å². The van der Waals surface area contributed by atoms with Crippen LogP contribution in [0.5, 0.6) is 5.88 Å². The van der Waals surface area contributed by atoms with Gasteiger partial charge in [-0.05, 0) is 131 Å². The van der Waals surface area contributed by atoms with E-state index < -0.39 is 5.83 Å². The molecule has 3 N–H and O–H groups in total. The van der Waals surface area contributed by atoms with E-state index in [1.165, 1.54) is 0 Å². The van der Waals surface area contributed by atoms with Crippen molar-refractivity contribution in [1.29, 1.82) is 0 Å². The highest BCUT2D eigenvalue weighted by molar-refractivity contribution is 7.13. The van der Waals surface area contributed by atoms with Crippen molar-refractivity contribution < 1.29 is 18.4 Å². The number of hydrogen-bond donors (Lipinski definition) is 3. The van der Waals surface area contributed by atoms with Gasteiger partial charge < -0.3 is 35.0 Å². The van der Waals surface area contributed by atoms with Crippen molar-refractivity contribution in [1.82, 2.24) is 40.9 Å². The number of fused-ring (bicyclic) bond motifs is 3. The zero-order valence-corrected chi connectivity index (χ0v) is 44.2. The van der Waals surface area contributed by atoms with Gasteiger partial charge >= 0.3 is 0 Å². The van der Waals surface area contributed by atoms with Crippen LogP contribution < -0.4 is 20.7 Å². The van der Waals surface area contributed by atoms with Crippen LogP contribution in [0.1, 0.15) is 106 Å². The number of piperidine rings is 1. The number of allylic oxidation sites excluding steroid dienone is 2. The number of amides is 1. The Morgan fingerprint density at radius 1 is 1.07 bits per heavy atom. The first-order valence-corrected chi connectivity index (χ1v) is 27.2. The normalized spacial score (nSPS) is 21.0. The molecule has 5 atom stereocenters. The number of rotatable bonds is 21. The lowest BCUT2D eigenvalue weighted by Crippen LogP contribution is -2.50. The number of ether oxygens (including phenoxy) is 1. The van der Waals surface area contributed by atoms with Crippen LogP contribution in [0.15, 0.2) is 103 Å². The molecule has 2 aromatic carbocycles. The van der Waals surface area contributed by atoms with Crippen LogP contribution in [0.2, 0.25) is 0 Å². The molecule has 4 aliphatic heterocycles. The van der Waals surface area contributed by atoms with Crippen molar-refractivity contribution in [3.63, 3.8) is 0 Å². The molecule has 1 amide bonds. The highest BCUT2D eigenvalue weighted by Gasteiger charge is 2.37. The molecule has 0 spiro atoms. The predicted molar refractivity (Wildman–Crippen MR) is 292 cm³/mol. The maximum absolute atomic E-state index is 17.3. The molecule has 14 nitrogen and oxygen atoms in total. The minimum Gasteiger partial charge on any atom is -0.475 e. The summed E-state index contributed by atoms with van der Waals surface area (Å²) in [6.07, 6.45) is 11.7. The lowest BCUT2D eigenvalue weighted by Gasteiger charge is -2.35. The fourth-order valence-electron chi connectivity index (χ4n) is 11.3. The van der Waals surface area contributed by atoms with E-state index in [4.69, 9.17) is 19.2 Å². The van der Waals surface area contributed by atoms with Crippen LogP contribution in [-0.4, -0.2) is 121 Å². The van der Waals surface area contributed by atoms with Gasteiger partial charge in [0.25, 0.3) is 5.88 Å². The van der Waals surface area contributed by atoms with Crippen molar-refractivity contribution in [3.8, 4) is 16.3 Å². The lowest BCUT2D eigenvalue weighted by atomic mass is 9.78. The second-order valence-electron chi connectivity index (χ2n) is 20.6. The number of likely N-dealkylation sites (tertiary alicyclic amines) is 2. The van der Waals surface area contributed by atoms with Crippen LogP contribution >= 0.6 is 11.3 Å². The van der Waals surface area contributed by atoms with Gasteiger partial charge in [-0.3, -0.25) is 19.8 Å². The average Bonchev–Trinajstić information content (AvgIpc) is 4.15. The summed E-state index contributed by atoms with van der Waals surface area (Å²) < 4.78 is 29.6. The average molecular weight is 1010 g/mol. The number of thiazole rings is 1. The summed E-state index contributed by atoms with van der Waals surface area (Å²) in [4.78, 5) is 43.3. The molecule has 5 unspecified atom stereocenters. The van der Waals surface area contributed by atoms with Gasteiger partial charge in [-0.15, -0.1) is 11.3 Å². The Kier molecular flexibility index (Phi) is 17.0. The molecule has 0 saturated carbocycles. The Bertz CT molecular complexity index is 2830. The minimum absolute atomic E-state index is 0.00169. The van der Waals surface area contributed by atoms with Gasteiger partial charge in [-0.2, -0.15) is 0 Å². The number of pyridine rings is 1. The second kappa shape index (κ2) is 23.9. The Morgan fingerprint density at radius 2 is 1.85 bits per heavy atom. The zero-order chi connectivity index (χ0) is 51.0. The fraction of sp³-hybridized carbons (Fsp3) is 0.491. The van der Waals surface area contributed by atoms with Gasteiger partial charge in [-0.1, -0.05) is 63.2 Å². The molecule has 3 saturated heterocycles. The fourth-order valence-corrected chi connectivity index (χ4v) is 12.2. The van der Waals surface area contributed by atoms with Gasteiger partial charge in [0, 0.05) is 79.2 Å². The lowest BCUT2D eigenvalue weighted by molar-refractivity contribution is -0.127. The third kappa shape index (κ3) is 11.9. The number of nitrogens with zero attached hydrogens (tertiary/aromatic N) is 8. The van der Waals surface area contributed by atoms with E-state index in [9.17, 15) is 4.79 Å². The maximum atomic E-state index is 17.3. The Hall–Kier alpha value is -5.94. The molecule has 9 rings (SSSR count). The van der Waals surface area contributed by atoms with Crippen molar-refractivity contribution in [2.75, 3.05) is 59.5 Å². The minimum atomic E-state index is -0.467. The number of carbonyl (C=O) groups excluding carboxylic acids is 1. The smallest absolute Gasteiger partial charge is 0.254 e. The molecule has 4 aliphatic rings. The molecule has 0 aliphatic carbocycles. The number of hydrogen-bond acceptors (Lipinski definition) is 14. The third-order valence-corrected chi connectivity index (χ3v) is 16.3. The largest absolute Gasteiger partial charge is 0.475 e. The molecule has 0 radical (unpaired) electrons. The number of nitrogens with one attached hydrogen (secondary N) is 3.